The number of rotatable bonds is 4. The van der Waals surface area contributed by atoms with Crippen LogP contribution in [0.1, 0.15) is 17.4 Å². The molecular formula is C10H13N3O4. The van der Waals surface area contributed by atoms with Gasteiger partial charge in [-0.15, -0.1) is 0 Å². The summed E-state index contributed by atoms with van der Waals surface area (Å²) in [5.41, 5.74) is -0.774. The van der Waals surface area contributed by atoms with Gasteiger partial charge in [0.2, 0.25) is 5.91 Å². The van der Waals surface area contributed by atoms with Crippen molar-refractivity contribution in [1.29, 1.82) is 0 Å². The highest BCUT2D eigenvalue weighted by molar-refractivity contribution is 5.85. The fourth-order valence-corrected chi connectivity index (χ4v) is 1.10. The van der Waals surface area contributed by atoms with Gasteiger partial charge >= 0.3 is 5.97 Å². The number of nitrogens with zero attached hydrogens (tertiary/aromatic N) is 3. The minimum Gasteiger partial charge on any atom is -0.476 e. The summed E-state index contributed by atoms with van der Waals surface area (Å²) >= 11 is 0. The van der Waals surface area contributed by atoms with Gasteiger partial charge in [-0.2, -0.15) is 5.10 Å². The van der Waals surface area contributed by atoms with Crippen molar-refractivity contribution in [1.82, 2.24) is 14.7 Å². The van der Waals surface area contributed by atoms with E-state index in [1.165, 1.54) is 4.90 Å². The lowest BCUT2D eigenvalue weighted by atomic mass is 10.4. The van der Waals surface area contributed by atoms with Crippen LogP contribution >= 0.6 is 0 Å². The third-order valence-corrected chi connectivity index (χ3v) is 2.27. The van der Waals surface area contributed by atoms with Crippen LogP contribution in [0.5, 0.6) is 0 Å². The maximum absolute atomic E-state index is 11.6. The third kappa shape index (κ3) is 3.13. The zero-order valence-corrected chi connectivity index (χ0v) is 9.58. The second kappa shape index (κ2) is 5.24. The summed E-state index contributed by atoms with van der Waals surface area (Å²) in [6.45, 7) is 2.04. The molecule has 0 radical (unpaired) electrons. The molecule has 7 heteroatoms. The largest absolute Gasteiger partial charge is 0.476 e. The molecule has 1 aromatic rings. The Labute approximate surface area is 97.3 Å². The number of amides is 1. The minimum atomic E-state index is -1.24. The van der Waals surface area contributed by atoms with Crippen LogP contribution in [-0.2, 0) is 11.3 Å². The van der Waals surface area contributed by atoms with Crippen LogP contribution in [0.2, 0.25) is 0 Å². The Balaban J connectivity index is 2.98. The molecule has 1 amide bonds. The van der Waals surface area contributed by atoms with E-state index in [0.717, 1.165) is 16.8 Å². The lowest BCUT2D eigenvalue weighted by molar-refractivity contribution is -0.130. The molecular weight excluding hydrogens is 226 g/mol. The Morgan fingerprint density at radius 2 is 2.12 bits per heavy atom. The summed E-state index contributed by atoms with van der Waals surface area (Å²) in [7, 11) is 1.59. The van der Waals surface area contributed by atoms with E-state index in [2.05, 4.69) is 5.10 Å². The molecule has 0 aliphatic carbocycles. The number of aromatic nitrogens is 2. The molecule has 1 N–H and O–H groups in total. The van der Waals surface area contributed by atoms with Crippen molar-refractivity contribution in [2.24, 2.45) is 0 Å². The van der Waals surface area contributed by atoms with Gasteiger partial charge in [-0.25, -0.2) is 9.48 Å². The smallest absolute Gasteiger partial charge is 0.356 e. The Kier molecular flexibility index (Phi) is 3.97. The number of aromatic carboxylic acids is 1. The van der Waals surface area contributed by atoms with Gasteiger partial charge in [0.1, 0.15) is 6.54 Å². The Hall–Kier alpha value is -2.18. The van der Waals surface area contributed by atoms with Gasteiger partial charge in [-0.3, -0.25) is 9.59 Å². The highest BCUT2D eigenvalue weighted by atomic mass is 16.4. The Morgan fingerprint density at radius 1 is 1.47 bits per heavy atom. The first-order valence-electron chi connectivity index (χ1n) is 5.01. The van der Waals surface area contributed by atoms with Crippen LogP contribution < -0.4 is 5.56 Å². The van der Waals surface area contributed by atoms with Crippen molar-refractivity contribution < 1.29 is 14.7 Å². The molecule has 0 saturated carbocycles. The minimum absolute atomic E-state index is 0.260. The van der Waals surface area contributed by atoms with E-state index >= 15 is 0 Å². The van der Waals surface area contributed by atoms with Crippen molar-refractivity contribution >= 4 is 11.9 Å². The second-order valence-corrected chi connectivity index (χ2v) is 3.43. The maximum atomic E-state index is 11.6. The van der Waals surface area contributed by atoms with Crippen molar-refractivity contribution in [2.45, 2.75) is 13.5 Å². The SMILES string of the molecule is CCN(C)C(=O)Cn1nc(C(=O)O)ccc1=O. The fraction of sp³-hybridized carbons (Fsp3) is 0.400. The van der Waals surface area contributed by atoms with Crippen molar-refractivity contribution in [3.05, 3.63) is 28.2 Å². The van der Waals surface area contributed by atoms with Gasteiger partial charge in [0, 0.05) is 19.7 Å². The molecule has 92 valence electrons. The van der Waals surface area contributed by atoms with Crippen LogP contribution in [0.25, 0.3) is 0 Å². The number of hydrogen-bond acceptors (Lipinski definition) is 4. The highest BCUT2D eigenvalue weighted by Gasteiger charge is 2.12. The normalized spacial score (nSPS) is 10.0. The van der Waals surface area contributed by atoms with E-state index in [-0.39, 0.29) is 18.1 Å². The molecule has 17 heavy (non-hydrogen) atoms. The predicted octanol–water partition coefficient (Wildman–Crippen LogP) is -0.580. The fourth-order valence-electron chi connectivity index (χ4n) is 1.10. The van der Waals surface area contributed by atoms with Crippen LogP contribution in [0.4, 0.5) is 0 Å². The predicted molar refractivity (Wildman–Crippen MR) is 58.8 cm³/mol. The summed E-state index contributed by atoms with van der Waals surface area (Å²) in [5, 5.41) is 12.3. The van der Waals surface area contributed by atoms with Crippen molar-refractivity contribution in [2.75, 3.05) is 13.6 Å². The molecule has 0 aliphatic rings. The van der Waals surface area contributed by atoms with Crippen molar-refractivity contribution in [3.63, 3.8) is 0 Å². The van der Waals surface area contributed by atoms with Gasteiger partial charge in [0.25, 0.3) is 5.56 Å². The lowest BCUT2D eigenvalue weighted by Gasteiger charge is -2.14. The first-order valence-corrected chi connectivity index (χ1v) is 5.01. The lowest BCUT2D eigenvalue weighted by Crippen LogP contribution is -2.35. The molecule has 1 aromatic heterocycles. The van der Waals surface area contributed by atoms with Gasteiger partial charge in [0.15, 0.2) is 5.69 Å². The van der Waals surface area contributed by atoms with E-state index in [1.807, 2.05) is 0 Å². The van der Waals surface area contributed by atoms with E-state index in [0.29, 0.717) is 6.54 Å². The summed E-state index contributed by atoms with van der Waals surface area (Å²) in [6.07, 6.45) is 0. The third-order valence-electron chi connectivity index (χ3n) is 2.27. The monoisotopic (exact) mass is 239 g/mol. The summed E-state index contributed by atoms with van der Waals surface area (Å²) in [6, 6.07) is 2.19. The molecule has 1 heterocycles. The van der Waals surface area contributed by atoms with E-state index in [1.54, 1.807) is 14.0 Å². The van der Waals surface area contributed by atoms with Gasteiger partial charge in [-0.05, 0) is 13.0 Å². The van der Waals surface area contributed by atoms with Gasteiger partial charge in [-0.1, -0.05) is 0 Å². The molecule has 0 bridgehead atoms. The number of carbonyl (C=O) groups excluding carboxylic acids is 1. The Morgan fingerprint density at radius 3 is 2.65 bits per heavy atom. The second-order valence-electron chi connectivity index (χ2n) is 3.43. The molecule has 0 aliphatic heterocycles. The average Bonchev–Trinajstić information content (AvgIpc) is 2.30. The first kappa shape index (κ1) is 12.9. The summed E-state index contributed by atoms with van der Waals surface area (Å²) in [5.74, 6) is -1.54. The zero-order valence-electron chi connectivity index (χ0n) is 9.58. The number of likely N-dealkylation sites (N-methyl/N-ethyl adjacent to an activating group) is 1. The number of carboxylic acids is 1. The van der Waals surface area contributed by atoms with Crippen LogP contribution in [0.3, 0.4) is 0 Å². The van der Waals surface area contributed by atoms with Crippen molar-refractivity contribution in [3.8, 4) is 0 Å². The molecule has 0 unspecified atom stereocenters. The topological polar surface area (TPSA) is 92.5 Å². The molecule has 0 spiro atoms. The summed E-state index contributed by atoms with van der Waals surface area (Å²) in [4.78, 5) is 35.0. The molecule has 7 nitrogen and oxygen atoms in total. The number of carbonyl (C=O) groups is 2. The first-order chi connectivity index (χ1) is 7.95. The Bertz CT molecular complexity index is 495. The van der Waals surface area contributed by atoms with Gasteiger partial charge < -0.3 is 10.0 Å². The number of carboxylic acid groups (broad SMARTS) is 1. The van der Waals surface area contributed by atoms with Gasteiger partial charge in [0.05, 0.1) is 0 Å². The molecule has 0 atom stereocenters. The standard InChI is InChI=1S/C10H13N3O4/c1-3-12(2)9(15)6-13-8(14)5-4-7(11-13)10(16)17/h4-5H,3,6H2,1-2H3,(H,16,17). The van der Waals surface area contributed by atoms with E-state index in [4.69, 9.17) is 5.11 Å². The molecule has 1 rings (SSSR count). The van der Waals surface area contributed by atoms with Crippen LogP contribution in [0.15, 0.2) is 16.9 Å². The highest BCUT2D eigenvalue weighted by Crippen LogP contribution is 1.92. The van der Waals surface area contributed by atoms with Crippen LogP contribution in [-0.4, -0.2) is 45.3 Å². The van der Waals surface area contributed by atoms with Crippen LogP contribution in [0, 0.1) is 0 Å². The van der Waals surface area contributed by atoms with E-state index < -0.39 is 11.5 Å². The maximum Gasteiger partial charge on any atom is 0.356 e. The van der Waals surface area contributed by atoms with E-state index in [9.17, 15) is 14.4 Å². The zero-order chi connectivity index (χ0) is 13.0. The molecule has 0 aromatic carbocycles. The average molecular weight is 239 g/mol. The number of hydrogen-bond donors (Lipinski definition) is 1. The quantitative estimate of drug-likeness (QED) is 0.758. The molecule has 0 fully saturated rings. The molecule has 0 saturated heterocycles. The summed E-state index contributed by atoms with van der Waals surface area (Å²) < 4.78 is 0.845.